The minimum absolute atomic E-state index is 0.173. The Bertz CT molecular complexity index is 851. The van der Waals surface area contributed by atoms with Crippen LogP contribution in [0.2, 0.25) is 0 Å². The molecular formula is C19H16BrNO4. The number of nitriles is 1. The number of hydrogen-bond donors (Lipinski definition) is 1. The Morgan fingerprint density at radius 1 is 1.28 bits per heavy atom. The fourth-order valence-corrected chi connectivity index (χ4v) is 2.82. The van der Waals surface area contributed by atoms with Gasteiger partial charge in [0.25, 0.3) is 0 Å². The molecule has 128 valence electrons. The van der Waals surface area contributed by atoms with Gasteiger partial charge in [-0.25, -0.2) is 4.79 Å². The molecule has 0 aliphatic rings. The van der Waals surface area contributed by atoms with E-state index in [0.717, 1.165) is 10.0 Å². The topological polar surface area (TPSA) is 79.5 Å². The Morgan fingerprint density at radius 3 is 2.44 bits per heavy atom. The van der Waals surface area contributed by atoms with Crippen molar-refractivity contribution in [2.75, 3.05) is 13.7 Å². The Hall–Kier alpha value is -2.78. The molecule has 0 heterocycles. The summed E-state index contributed by atoms with van der Waals surface area (Å²) in [7, 11) is 1.55. The molecule has 1 N–H and O–H groups in total. The van der Waals surface area contributed by atoms with E-state index >= 15 is 0 Å². The van der Waals surface area contributed by atoms with Gasteiger partial charge in [0.05, 0.1) is 35.4 Å². The highest BCUT2D eigenvalue weighted by Crippen LogP contribution is 2.37. The summed E-state index contributed by atoms with van der Waals surface area (Å²) in [4.78, 5) is 10.9. The molecule has 5 nitrogen and oxygen atoms in total. The molecule has 6 heteroatoms. The number of carboxylic acids is 1. The maximum atomic E-state index is 10.9. The van der Waals surface area contributed by atoms with Crippen LogP contribution in [0.15, 0.2) is 40.9 Å². The number of carbonyl (C=O) groups is 1. The van der Waals surface area contributed by atoms with Crippen LogP contribution in [0.1, 0.15) is 28.4 Å². The van der Waals surface area contributed by atoms with Crippen molar-refractivity contribution in [1.29, 1.82) is 5.26 Å². The number of allylic oxidation sites excluding steroid dienone is 1. The second-order valence-corrected chi connectivity index (χ2v) is 5.87. The van der Waals surface area contributed by atoms with Gasteiger partial charge < -0.3 is 14.6 Å². The van der Waals surface area contributed by atoms with E-state index < -0.39 is 5.97 Å². The van der Waals surface area contributed by atoms with Gasteiger partial charge in [0.1, 0.15) is 0 Å². The molecule has 2 aromatic carbocycles. The van der Waals surface area contributed by atoms with Crippen LogP contribution in [0, 0.1) is 11.3 Å². The average molecular weight is 402 g/mol. The van der Waals surface area contributed by atoms with Crippen molar-refractivity contribution in [3.63, 3.8) is 0 Å². The lowest BCUT2D eigenvalue weighted by Crippen LogP contribution is -1.97. The number of rotatable bonds is 6. The zero-order valence-electron chi connectivity index (χ0n) is 13.7. The maximum Gasteiger partial charge on any atom is 0.335 e. The third kappa shape index (κ3) is 4.40. The first-order chi connectivity index (χ1) is 12.0. The zero-order chi connectivity index (χ0) is 18.4. The molecule has 0 unspecified atom stereocenters. The van der Waals surface area contributed by atoms with Gasteiger partial charge >= 0.3 is 5.97 Å². The molecule has 2 rings (SSSR count). The molecule has 0 atom stereocenters. The summed E-state index contributed by atoms with van der Waals surface area (Å²) in [6.45, 7) is 2.39. The van der Waals surface area contributed by atoms with Crippen LogP contribution in [0.25, 0.3) is 11.6 Å². The third-order valence-electron chi connectivity index (χ3n) is 3.41. The van der Waals surface area contributed by atoms with Gasteiger partial charge in [0.15, 0.2) is 11.5 Å². The zero-order valence-corrected chi connectivity index (χ0v) is 15.3. The van der Waals surface area contributed by atoms with Crippen molar-refractivity contribution < 1.29 is 19.4 Å². The fraction of sp³-hybridized carbons (Fsp3) is 0.158. The second kappa shape index (κ2) is 8.36. The highest BCUT2D eigenvalue weighted by atomic mass is 79.9. The Morgan fingerprint density at radius 2 is 1.92 bits per heavy atom. The van der Waals surface area contributed by atoms with Crippen molar-refractivity contribution in [3.05, 3.63) is 57.6 Å². The van der Waals surface area contributed by atoms with E-state index in [9.17, 15) is 10.1 Å². The minimum Gasteiger partial charge on any atom is -0.493 e. The van der Waals surface area contributed by atoms with Crippen molar-refractivity contribution in [2.24, 2.45) is 0 Å². The summed E-state index contributed by atoms with van der Waals surface area (Å²) < 4.78 is 11.6. The summed E-state index contributed by atoms with van der Waals surface area (Å²) >= 11 is 3.45. The molecule has 0 spiro atoms. The van der Waals surface area contributed by atoms with E-state index in [1.54, 1.807) is 31.4 Å². The van der Waals surface area contributed by atoms with Gasteiger partial charge in [-0.2, -0.15) is 5.26 Å². The lowest BCUT2D eigenvalue weighted by Gasteiger charge is -2.12. The van der Waals surface area contributed by atoms with E-state index in [0.29, 0.717) is 29.2 Å². The van der Waals surface area contributed by atoms with Crippen molar-refractivity contribution >= 4 is 33.5 Å². The smallest absolute Gasteiger partial charge is 0.335 e. The molecule has 0 saturated heterocycles. The maximum absolute atomic E-state index is 10.9. The number of halogens is 1. The number of benzene rings is 2. The number of methoxy groups -OCH3 is 1. The van der Waals surface area contributed by atoms with Crippen LogP contribution in [-0.4, -0.2) is 24.8 Å². The van der Waals surface area contributed by atoms with Crippen LogP contribution in [0.3, 0.4) is 0 Å². The molecule has 0 fully saturated rings. The first-order valence-electron chi connectivity index (χ1n) is 7.46. The van der Waals surface area contributed by atoms with E-state index in [2.05, 4.69) is 22.0 Å². The average Bonchev–Trinajstić information content (AvgIpc) is 2.61. The van der Waals surface area contributed by atoms with Gasteiger partial charge in [-0.1, -0.05) is 12.1 Å². The van der Waals surface area contributed by atoms with Gasteiger partial charge in [-0.15, -0.1) is 0 Å². The normalized spacial score (nSPS) is 10.9. The lowest BCUT2D eigenvalue weighted by molar-refractivity contribution is 0.0697. The van der Waals surface area contributed by atoms with Crippen LogP contribution in [0.4, 0.5) is 0 Å². The predicted octanol–water partition coefficient (Wildman–Crippen LogP) is 4.62. The fourth-order valence-electron chi connectivity index (χ4n) is 2.25. The van der Waals surface area contributed by atoms with Gasteiger partial charge in [0.2, 0.25) is 0 Å². The predicted molar refractivity (Wildman–Crippen MR) is 98.7 cm³/mol. The lowest BCUT2D eigenvalue weighted by atomic mass is 10.0. The number of hydrogen-bond acceptors (Lipinski definition) is 4. The van der Waals surface area contributed by atoms with Crippen molar-refractivity contribution in [3.8, 4) is 17.6 Å². The molecule has 0 aromatic heterocycles. The Kier molecular flexibility index (Phi) is 6.20. The molecule has 0 aliphatic heterocycles. The number of carboxylic acid groups (broad SMARTS) is 1. The quantitative estimate of drug-likeness (QED) is 0.564. The number of aromatic carboxylic acids is 1. The summed E-state index contributed by atoms with van der Waals surface area (Å²) in [6, 6.07) is 11.9. The van der Waals surface area contributed by atoms with Gasteiger partial charge in [-0.3, -0.25) is 0 Å². The van der Waals surface area contributed by atoms with Crippen molar-refractivity contribution in [1.82, 2.24) is 0 Å². The van der Waals surface area contributed by atoms with E-state index in [1.807, 2.05) is 13.0 Å². The molecule has 0 saturated carbocycles. The molecular weight excluding hydrogens is 386 g/mol. The minimum atomic E-state index is -1.01. The standard InChI is InChI=1S/C19H16BrNO4/c1-3-25-18-16(20)9-12(10-17(18)24-2)8-15(11-21)13-4-6-14(7-5-13)19(22)23/h4-10H,3H2,1-2H3,(H,22,23)/b15-8-. The molecule has 0 bridgehead atoms. The summed E-state index contributed by atoms with van der Waals surface area (Å²) in [5, 5.41) is 18.4. The third-order valence-corrected chi connectivity index (χ3v) is 4.00. The largest absolute Gasteiger partial charge is 0.493 e. The first-order valence-corrected chi connectivity index (χ1v) is 8.25. The van der Waals surface area contributed by atoms with Gasteiger partial charge in [0, 0.05) is 0 Å². The SMILES string of the molecule is CCOc1c(Br)cc(/C=C(/C#N)c2ccc(C(=O)O)cc2)cc1OC. The van der Waals surface area contributed by atoms with E-state index in [-0.39, 0.29) is 5.56 Å². The van der Waals surface area contributed by atoms with Crippen LogP contribution in [-0.2, 0) is 0 Å². The molecule has 2 aromatic rings. The number of nitrogens with zero attached hydrogens (tertiary/aromatic N) is 1. The summed E-state index contributed by atoms with van der Waals surface area (Å²) in [5.41, 5.74) is 1.98. The molecule has 0 amide bonds. The molecule has 0 radical (unpaired) electrons. The summed E-state index contributed by atoms with van der Waals surface area (Å²) in [5.74, 6) is 0.154. The van der Waals surface area contributed by atoms with Crippen LogP contribution >= 0.6 is 15.9 Å². The Balaban J connectivity index is 2.44. The first kappa shape index (κ1) is 18.6. The van der Waals surface area contributed by atoms with E-state index in [4.69, 9.17) is 14.6 Å². The Labute approximate surface area is 154 Å². The summed E-state index contributed by atoms with van der Waals surface area (Å²) in [6.07, 6.45) is 1.71. The monoisotopic (exact) mass is 401 g/mol. The molecule has 25 heavy (non-hydrogen) atoms. The number of ether oxygens (including phenoxy) is 2. The van der Waals surface area contributed by atoms with Gasteiger partial charge in [-0.05, 0) is 64.3 Å². The van der Waals surface area contributed by atoms with Crippen LogP contribution in [0.5, 0.6) is 11.5 Å². The molecule has 0 aliphatic carbocycles. The second-order valence-electron chi connectivity index (χ2n) is 5.02. The highest BCUT2D eigenvalue weighted by molar-refractivity contribution is 9.10. The van der Waals surface area contributed by atoms with E-state index in [1.165, 1.54) is 12.1 Å². The highest BCUT2D eigenvalue weighted by Gasteiger charge is 2.12. The van der Waals surface area contributed by atoms with Crippen molar-refractivity contribution in [2.45, 2.75) is 6.92 Å². The van der Waals surface area contributed by atoms with Crippen LogP contribution < -0.4 is 9.47 Å².